The molecule has 0 radical (unpaired) electrons. The minimum absolute atomic E-state index is 0.0713. The highest BCUT2D eigenvalue weighted by Gasteiger charge is 2.36. The van der Waals surface area contributed by atoms with E-state index in [9.17, 15) is 4.57 Å². The first-order valence-electron chi connectivity index (χ1n) is 6.75. The zero-order valence-electron chi connectivity index (χ0n) is 12.5. The molecule has 0 unspecified atom stereocenters. The van der Waals surface area contributed by atoms with E-state index in [1.807, 2.05) is 12.1 Å². The average molecular weight is 390 g/mol. The first-order chi connectivity index (χ1) is 10.6. The molecule has 0 spiro atoms. The largest absolute Gasteiger partial charge is 0.497 e. The van der Waals surface area contributed by atoms with Crippen molar-refractivity contribution < 1.29 is 22.9 Å². The van der Waals surface area contributed by atoms with Gasteiger partial charge in [-0.3, -0.25) is 4.57 Å². The van der Waals surface area contributed by atoms with Crippen LogP contribution < -0.4 is 10.2 Å². The van der Waals surface area contributed by atoms with Gasteiger partial charge in [-0.05, 0) is 54.0 Å². The van der Waals surface area contributed by atoms with Crippen LogP contribution >= 0.6 is 23.5 Å². The number of rotatable bonds is 7. The fourth-order valence-corrected chi connectivity index (χ4v) is 4.36. The maximum atomic E-state index is 12.8. The zero-order chi connectivity index (χ0) is 16.2. The van der Waals surface area contributed by atoms with E-state index in [1.165, 1.54) is 0 Å². The number of benzene rings is 1. The van der Waals surface area contributed by atoms with Gasteiger partial charge in [-0.1, -0.05) is 5.16 Å². The van der Waals surface area contributed by atoms with Crippen molar-refractivity contribution in [1.29, 1.82) is 0 Å². The molecule has 0 amide bonds. The van der Waals surface area contributed by atoms with Gasteiger partial charge in [-0.25, -0.2) is 0 Å². The molecule has 0 bridgehead atoms. The number of ether oxygens (including phenoxy) is 1. The van der Waals surface area contributed by atoms with E-state index < -0.39 is 7.60 Å². The third-order valence-corrected chi connectivity index (χ3v) is 5.87. The molecule has 1 aromatic heterocycles. The lowest BCUT2D eigenvalue weighted by Gasteiger charge is -2.13. The molecule has 2 rings (SSSR count). The molecule has 0 aliphatic rings. The van der Waals surface area contributed by atoms with Crippen LogP contribution in [0.15, 0.2) is 33.3 Å². The molecule has 0 N–H and O–H groups in total. The number of hydrogen-bond donors (Lipinski definition) is 0. The van der Waals surface area contributed by atoms with Gasteiger partial charge in [-0.15, -0.1) is 0 Å². The number of halogens is 1. The predicted octanol–water partition coefficient (Wildman–Crippen LogP) is 4.00. The van der Waals surface area contributed by atoms with Gasteiger partial charge in [-0.2, -0.15) is 0 Å². The Morgan fingerprint density at radius 2 is 1.77 bits per heavy atom. The van der Waals surface area contributed by atoms with Gasteiger partial charge >= 0.3 is 7.60 Å². The van der Waals surface area contributed by atoms with Gasteiger partial charge in [0.25, 0.3) is 5.50 Å². The van der Waals surface area contributed by atoms with Crippen LogP contribution in [0.3, 0.4) is 0 Å². The summed E-state index contributed by atoms with van der Waals surface area (Å²) in [6.07, 6.45) is 0. The topological polar surface area (TPSA) is 70.8 Å². The van der Waals surface area contributed by atoms with Gasteiger partial charge in [0.15, 0.2) is 0 Å². The molecule has 0 saturated carbocycles. The Morgan fingerprint density at radius 1 is 1.18 bits per heavy atom. The molecule has 0 saturated heterocycles. The summed E-state index contributed by atoms with van der Waals surface area (Å²) in [5.41, 5.74) is 1.39. The maximum Gasteiger partial charge on any atom is 0.400 e. The smallest absolute Gasteiger partial charge is 0.400 e. The van der Waals surface area contributed by atoms with E-state index in [0.717, 1.165) is 11.3 Å². The molecule has 8 heteroatoms. The van der Waals surface area contributed by atoms with Crippen molar-refractivity contribution in [3.05, 3.63) is 28.7 Å². The highest BCUT2D eigenvalue weighted by Crippen LogP contribution is 2.50. The van der Waals surface area contributed by atoms with Crippen LogP contribution in [0.4, 0.5) is 0 Å². The van der Waals surface area contributed by atoms with E-state index >= 15 is 0 Å². The van der Waals surface area contributed by atoms with Crippen LogP contribution in [-0.2, 0) is 13.6 Å². The van der Waals surface area contributed by atoms with Gasteiger partial charge in [0.2, 0.25) is 0 Å². The van der Waals surface area contributed by atoms with E-state index in [2.05, 4.69) is 21.1 Å². The van der Waals surface area contributed by atoms with Crippen molar-refractivity contribution in [3.8, 4) is 17.0 Å². The highest BCUT2D eigenvalue weighted by molar-refractivity contribution is 9.10. The summed E-state index contributed by atoms with van der Waals surface area (Å²) in [4.78, 5) is 0. The van der Waals surface area contributed by atoms with Gasteiger partial charge < -0.3 is 18.3 Å². The monoisotopic (exact) mass is 389 g/mol. The second-order valence-corrected chi connectivity index (χ2v) is 6.92. The average Bonchev–Trinajstić information content (AvgIpc) is 2.90. The van der Waals surface area contributed by atoms with Crippen molar-refractivity contribution in [3.63, 3.8) is 0 Å². The molecule has 0 aliphatic carbocycles. The number of hydrogen-bond acceptors (Lipinski definition) is 6. The fraction of sp³-hybridized carbons (Fsp3) is 0.357. The third-order valence-electron chi connectivity index (χ3n) is 2.83. The van der Waals surface area contributed by atoms with Gasteiger partial charge in [0, 0.05) is 5.56 Å². The van der Waals surface area contributed by atoms with E-state index in [1.54, 1.807) is 33.1 Å². The van der Waals surface area contributed by atoms with E-state index in [-0.39, 0.29) is 18.7 Å². The lowest BCUT2D eigenvalue weighted by Crippen LogP contribution is -2.10. The Labute approximate surface area is 137 Å². The Balaban J connectivity index is 2.41. The third kappa shape index (κ3) is 3.43. The summed E-state index contributed by atoms with van der Waals surface area (Å²) in [5, 5.41) is 3.98. The summed E-state index contributed by atoms with van der Waals surface area (Å²) in [6.45, 7) is 3.95. The second kappa shape index (κ2) is 7.42. The van der Waals surface area contributed by atoms with Crippen LogP contribution in [0.25, 0.3) is 11.3 Å². The van der Waals surface area contributed by atoms with Gasteiger partial charge in [0.1, 0.15) is 15.9 Å². The van der Waals surface area contributed by atoms with Crippen LogP contribution in [0.2, 0.25) is 0 Å². The quantitative estimate of drug-likeness (QED) is 0.666. The predicted molar refractivity (Wildman–Crippen MR) is 86.7 cm³/mol. The molecular weight excluding hydrogens is 373 g/mol. The molecular formula is C14H17BrNO5P. The molecule has 0 atom stereocenters. The first kappa shape index (κ1) is 17.2. The number of nitrogens with zero attached hydrogens (tertiary/aromatic N) is 1. The minimum atomic E-state index is -3.52. The zero-order valence-corrected chi connectivity index (χ0v) is 15.0. The fourth-order valence-electron chi connectivity index (χ4n) is 1.86. The molecule has 0 fully saturated rings. The maximum absolute atomic E-state index is 12.8. The Hall–Kier alpha value is -1.14. The summed E-state index contributed by atoms with van der Waals surface area (Å²) in [6, 6.07) is 7.27. The molecule has 6 nitrogen and oxygen atoms in total. The molecule has 120 valence electrons. The van der Waals surface area contributed by atoms with Crippen LogP contribution in [0.1, 0.15) is 13.8 Å². The molecule has 2 aromatic rings. The van der Waals surface area contributed by atoms with Crippen molar-refractivity contribution in [1.82, 2.24) is 5.16 Å². The van der Waals surface area contributed by atoms with Crippen LogP contribution in [0.5, 0.6) is 5.75 Å². The van der Waals surface area contributed by atoms with Gasteiger partial charge in [0.05, 0.1) is 20.3 Å². The van der Waals surface area contributed by atoms with Crippen molar-refractivity contribution in [2.45, 2.75) is 13.8 Å². The molecule has 0 aliphatic heterocycles. The molecule has 22 heavy (non-hydrogen) atoms. The Kier molecular flexibility index (Phi) is 5.81. The summed E-state index contributed by atoms with van der Waals surface area (Å²) in [5.74, 6) is 0.734. The van der Waals surface area contributed by atoms with Crippen molar-refractivity contribution >= 4 is 29.0 Å². The standard InChI is InChI=1S/C14H17BrNO5P/c1-4-19-22(17,20-5-2)14-12(15)13(16-21-14)10-6-8-11(18-3)9-7-10/h6-9H,4-5H2,1-3H3. The normalized spacial score (nSPS) is 11.6. The SMILES string of the molecule is CCOP(=O)(OCC)c1onc(-c2ccc(OC)cc2)c1Br. The summed E-state index contributed by atoms with van der Waals surface area (Å²) < 4.78 is 34.1. The number of methoxy groups -OCH3 is 1. The van der Waals surface area contributed by atoms with Crippen LogP contribution in [-0.4, -0.2) is 25.5 Å². The Bertz CT molecular complexity index is 660. The lowest BCUT2D eigenvalue weighted by molar-refractivity contribution is 0.223. The summed E-state index contributed by atoms with van der Waals surface area (Å²) in [7, 11) is -1.93. The molecule has 1 heterocycles. The van der Waals surface area contributed by atoms with E-state index in [0.29, 0.717) is 10.2 Å². The second-order valence-electron chi connectivity index (χ2n) is 4.21. The van der Waals surface area contributed by atoms with E-state index in [4.69, 9.17) is 18.3 Å². The van der Waals surface area contributed by atoms with Crippen molar-refractivity contribution in [2.75, 3.05) is 20.3 Å². The Morgan fingerprint density at radius 3 is 2.27 bits per heavy atom. The van der Waals surface area contributed by atoms with Crippen molar-refractivity contribution in [2.24, 2.45) is 0 Å². The molecule has 1 aromatic carbocycles. The first-order valence-corrected chi connectivity index (χ1v) is 9.08. The lowest BCUT2D eigenvalue weighted by atomic mass is 10.1. The minimum Gasteiger partial charge on any atom is -0.497 e. The highest BCUT2D eigenvalue weighted by atomic mass is 79.9. The van der Waals surface area contributed by atoms with Crippen LogP contribution in [0, 0.1) is 0 Å². The summed E-state index contributed by atoms with van der Waals surface area (Å²) >= 11 is 3.38. The number of aromatic nitrogens is 1.